The topological polar surface area (TPSA) is 90.9 Å². The zero-order valence-corrected chi connectivity index (χ0v) is 13.7. The van der Waals surface area contributed by atoms with E-state index in [1.165, 1.54) is 12.7 Å². The average molecular weight is 336 g/mol. The number of aromatic nitrogens is 4. The molecule has 8 heteroatoms. The van der Waals surface area contributed by atoms with E-state index in [2.05, 4.69) is 15.4 Å². The lowest BCUT2D eigenvalue weighted by atomic mass is 9.82. The summed E-state index contributed by atoms with van der Waals surface area (Å²) in [7, 11) is -3.18. The summed E-state index contributed by atoms with van der Waals surface area (Å²) < 4.78 is 32.2. The predicted octanol–water partition coefficient (Wildman–Crippen LogP) is 1.71. The fraction of sp³-hybridized carbons (Fsp3) is 0.667. The highest BCUT2D eigenvalue weighted by Crippen LogP contribution is 2.37. The van der Waals surface area contributed by atoms with Crippen LogP contribution in [0.3, 0.4) is 0 Å². The Labute approximate surface area is 135 Å². The Morgan fingerprint density at radius 2 is 2.17 bits per heavy atom. The second-order valence-corrected chi connectivity index (χ2v) is 8.82. The van der Waals surface area contributed by atoms with Gasteiger partial charge in [-0.3, -0.25) is 0 Å². The van der Waals surface area contributed by atoms with Crippen LogP contribution in [0.25, 0.3) is 0 Å². The molecule has 0 aromatic carbocycles. The highest BCUT2D eigenvalue weighted by atomic mass is 32.2. The molecule has 2 aromatic rings. The minimum atomic E-state index is -3.18. The minimum absolute atomic E-state index is 0.0356. The third kappa shape index (κ3) is 3.04. The summed E-state index contributed by atoms with van der Waals surface area (Å²) in [6.45, 7) is 0.681. The Morgan fingerprint density at radius 3 is 2.96 bits per heavy atom. The van der Waals surface area contributed by atoms with E-state index in [0.29, 0.717) is 12.5 Å². The maximum atomic E-state index is 12.6. The summed E-state index contributed by atoms with van der Waals surface area (Å²) in [6.07, 6.45) is 8.18. The van der Waals surface area contributed by atoms with Crippen molar-refractivity contribution in [1.82, 2.24) is 19.9 Å². The van der Waals surface area contributed by atoms with Gasteiger partial charge >= 0.3 is 0 Å². The molecule has 3 heterocycles. The van der Waals surface area contributed by atoms with E-state index in [-0.39, 0.29) is 17.4 Å². The Hall–Kier alpha value is -1.70. The molecular formula is C15H20N4O3S. The number of rotatable bonds is 5. The predicted molar refractivity (Wildman–Crippen MR) is 82.4 cm³/mol. The number of hydrogen-bond acceptors (Lipinski definition) is 6. The van der Waals surface area contributed by atoms with Gasteiger partial charge in [-0.25, -0.2) is 8.42 Å². The van der Waals surface area contributed by atoms with E-state index in [4.69, 9.17) is 4.52 Å². The van der Waals surface area contributed by atoms with E-state index in [1.54, 1.807) is 6.33 Å². The average Bonchev–Trinajstić information content (AvgIpc) is 3.05. The third-order valence-electron chi connectivity index (χ3n) is 4.96. The molecule has 1 aliphatic carbocycles. The van der Waals surface area contributed by atoms with Crippen molar-refractivity contribution in [3.05, 3.63) is 29.7 Å². The van der Waals surface area contributed by atoms with Crippen molar-refractivity contribution in [2.24, 2.45) is 5.92 Å². The second-order valence-electron chi connectivity index (χ2n) is 6.71. The largest absolute Gasteiger partial charge is 0.364 e. The first-order valence-electron chi connectivity index (χ1n) is 8.11. The Bertz CT molecular complexity index is 791. The zero-order valence-electron chi connectivity index (χ0n) is 12.9. The van der Waals surface area contributed by atoms with Crippen LogP contribution >= 0.6 is 0 Å². The first kappa shape index (κ1) is 14.9. The first-order chi connectivity index (χ1) is 11.1. The Balaban J connectivity index is 1.43. The van der Waals surface area contributed by atoms with Crippen LogP contribution in [0.5, 0.6) is 0 Å². The molecule has 0 saturated heterocycles. The second kappa shape index (κ2) is 5.74. The number of nitrogens with zero attached hydrogens (tertiary/aromatic N) is 4. The smallest absolute Gasteiger partial charge is 0.154 e. The molecule has 124 valence electrons. The molecule has 23 heavy (non-hydrogen) atoms. The van der Waals surface area contributed by atoms with Crippen LogP contribution < -0.4 is 0 Å². The lowest BCUT2D eigenvalue weighted by Crippen LogP contribution is -2.27. The highest BCUT2D eigenvalue weighted by molar-refractivity contribution is 7.90. The standard InChI is InChI=1S/C15H20N4O3S/c20-23(21,8-11-4-5-14-17-16-10-19(14)6-11)9-13-7-22-18-15(13)12-2-1-3-12/h7,10-12H,1-6,8-9H2. The fourth-order valence-corrected chi connectivity index (χ4v) is 5.31. The molecule has 1 atom stereocenters. The summed E-state index contributed by atoms with van der Waals surface area (Å²) in [6, 6.07) is 0. The van der Waals surface area contributed by atoms with Gasteiger partial charge in [0.25, 0.3) is 0 Å². The van der Waals surface area contributed by atoms with Crippen molar-refractivity contribution < 1.29 is 12.9 Å². The minimum Gasteiger partial charge on any atom is -0.364 e. The molecule has 1 unspecified atom stereocenters. The normalized spacial score (nSPS) is 21.8. The lowest BCUT2D eigenvalue weighted by Gasteiger charge is -2.24. The van der Waals surface area contributed by atoms with Gasteiger partial charge in [0.2, 0.25) is 0 Å². The van der Waals surface area contributed by atoms with Crippen molar-refractivity contribution in [1.29, 1.82) is 0 Å². The molecule has 0 amide bonds. The molecule has 7 nitrogen and oxygen atoms in total. The van der Waals surface area contributed by atoms with Gasteiger partial charge in [0, 0.05) is 24.4 Å². The highest BCUT2D eigenvalue weighted by Gasteiger charge is 2.29. The SMILES string of the molecule is O=S(=O)(Cc1conc1C1CCC1)CC1CCc2nncn2C1. The van der Waals surface area contributed by atoms with Crippen molar-refractivity contribution in [2.45, 2.75) is 50.3 Å². The van der Waals surface area contributed by atoms with Gasteiger partial charge in [0.15, 0.2) is 9.84 Å². The lowest BCUT2D eigenvalue weighted by molar-refractivity contribution is 0.363. The van der Waals surface area contributed by atoms with Gasteiger partial charge < -0.3 is 9.09 Å². The molecule has 2 aliphatic rings. The number of hydrogen-bond donors (Lipinski definition) is 0. The van der Waals surface area contributed by atoms with Crippen LogP contribution in [0.4, 0.5) is 0 Å². The van der Waals surface area contributed by atoms with Crippen molar-refractivity contribution in [3.63, 3.8) is 0 Å². The van der Waals surface area contributed by atoms with Crippen LogP contribution in [0.2, 0.25) is 0 Å². The quantitative estimate of drug-likeness (QED) is 0.825. The van der Waals surface area contributed by atoms with Gasteiger partial charge in [0.05, 0.1) is 17.2 Å². The van der Waals surface area contributed by atoms with Crippen molar-refractivity contribution in [3.8, 4) is 0 Å². The molecule has 0 radical (unpaired) electrons. The molecule has 1 saturated carbocycles. The maximum absolute atomic E-state index is 12.6. The number of fused-ring (bicyclic) bond motifs is 1. The molecule has 2 aromatic heterocycles. The summed E-state index contributed by atoms with van der Waals surface area (Å²) in [5, 5.41) is 12.0. The van der Waals surface area contributed by atoms with Crippen molar-refractivity contribution >= 4 is 9.84 Å². The van der Waals surface area contributed by atoms with Gasteiger partial charge in [0.1, 0.15) is 18.4 Å². The summed E-state index contributed by atoms with van der Waals surface area (Å²) in [5.74, 6) is 1.68. The number of aryl methyl sites for hydroxylation is 1. The van der Waals surface area contributed by atoms with Gasteiger partial charge in [-0.05, 0) is 25.2 Å². The van der Waals surface area contributed by atoms with E-state index in [0.717, 1.165) is 42.8 Å². The van der Waals surface area contributed by atoms with Crippen LogP contribution in [0, 0.1) is 5.92 Å². The molecule has 1 fully saturated rings. The molecule has 0 spiro atoms. The molecule has 4 rings (SSSR count). The summed E-state index contributed by atoms with van der Waals surface area (Å²) in [5.41, 5.74) is 1.60. The van der Waals surface area contributed by atoms with Gasteiger partial charge in [-0.15, -0.1) is 10.2 Å². The molecule has 0 N–H and O–H groups in total. The maximum Gasteiger partial charge on any atom is 0.154 e. The Kier molecular flexibility index (Phi) is 3.71. The van der Waals surface area contributed by atoms with E-state index in [1.807, 2.05) is 4.57 Å². The van der Waals surface area contributed by atoms with Gasteiger partial charge in [-0.2, -0.15) is 0 Å². The first-order valence-corrected chi connectivity index (χ1v) is 9.93. The van der Waals surface area contributed by atoms with E-state index >= 15 is 0 Å². The van der Waals surface area contributed by atoms with E-state index in [9.17, 15) is 8.42 Å². The van der Waals surface area contributed by atoms with Crippen LogP contribution in [0.15, 0.2) is 17.1 Å². The third-order valence-corrected chi connectivity index (χ3v) is 6.69. The summed E-state index contributed by atoms with van der Waals surface area (Å²) in [4.78, 5) is 0. The molecule has 0 bridgehead atoms. The number of sulfone groups is 1. The van der Waals surface area contributed by atoms with Crippen LogP contribution in [0.1, 0.15) is 48.7 Å². The van der Waals surface area contributed by atoms with Crippen LogP contribution in [-0.2, 0) is 28.6 Å². The molecular weight excluding hydrogens is 316 g/mol. The zero-order chi connectivity index (χ0) is 15.9. The van der Waals surface area contributed by atoms with Gasteiger partial charge in [-0.1, -0.05) is 11.6 Å². The van der Waals surface area contributed by atoms with E-state index < -0.39 is 9.84 Å². The molecule has 1 aliphatic heterocycles. The monoisotopic (exact) mass is 336 g/mol. The summed E-state index contributed by atoms with van der Waals surface area (Å²) >= 11 is 0. The van der Waals surface area contributed by atoms with Crippen molar-refractivity contribution in [2.75, 3.05) is 5.75 Å². The fourth-order valence-electron chi connectivity index (χ4n) is 3.51. The Morgan fingerprint density at radius 1 is 1.30 bits per heavy atom. The van der Waals surface area contributed by atoms with Crippen LogP contribution in [-0.4, -0.2) is 34.1 Å².